The highest BCUT2D eigenvalue weighted by molar-refractivity contribution is 5.11. The Hall–Kier alpha value is -0.520. The van der Waals surface area contributed by atoms with Crippen LogP contribution in [-0.2, 0) is 0 Å². The summed E-state index contributed by atoms with van der Waals surface area (Å²) in [5.74, 6) is 1.77. The van der Waals surface area contributed by atoms with Gasteiger partial charge in [-0.1, -0.05) is 24.3 Å². The lowest BCUT2D eigenvalue weighted by atomic mass is 9.87. The molecule has 2 atom stereocenters. The van der Waals surface area contributed by atoms with Crippen LogP contribution in [0.5, 0.6) is 0 Å². The van der Waals surface area contributed by atoms with Crippen LogP contribution in [0.4, 0.5) is 0 Å². The summed E-state index contributed by atoms with van der Waals surface area (Å²) in [6.45, 7) is 0. The first-order chi connectivity index (χ1) is 4.47. The molecule has 0 saturated heterocycles. The molecule has 48 valence electrons. The van der Waals surface area contributed by atoms with Gasteiger partial charge in [-0.05, 0) is 31.1 Å². The maximum absolute atomic E-state index is 2.38. The first-order valence-electron chi connectivity index (χ1n) is 3.80. The highest BCUT2D eigenvalue weighted by atomic mass is 14.3. The zero-order valence-corrected chi connectivity index (χ0v) is 5.59. The van der Waals surface area contributed by atoms with Crippen LogP contribution in [0.3, 0.4) is 0 Å². The molecule has 0 N–H and O–H groups in total. The van der Waals surface area contributed by atoms with Gasteiger partial charge in [-0.15, -0.1) is 0 Å². The van der Waals surface area contributed by atoms with E-state index in [-0.39, 0.29) is 0 Å². The fourth-order valence-corrected chi connectivity index (χ4v) is 1.82. The first kappa shape index (κ1) is 5.28. The Morgan fingerprint density at radius 3 is 2.78 bits per heavy atom. The third kappa shape index (κ3) is 0.827. The van der Waals surface area contributed by atoms with Crippen molar-refractivity contribution in [1.29, 1.82) is 0 Å². The highest BCUT2D eigenvalue weighted by Crippen LogP contribution is 2.33. The Kier molecular flexibility index (Phi) is 1.18. The van der Waals surface area contributed by atoms with Crippen molar-refractivity contribution in [2.45, 2.75) is 19.3 Å². The largest absolute Gasteiger partial charge is 0.0882 e. The van der Waals surface area contributed by atoms with Crippen LogP contribution >= 0.6 is 0 Å². The van der Waals surface area contributed by atoms with E-state index < -0.39 is 0 Å². The zero-order valence-electron chi connectivity index (χ0n) is 5.59. The van der Waals surface area contributed by atoms with Crippen LogP contribution in [-0.4, -0.2) is 0 Å². The molecule has 0 bridgehead atoms. The minimum absolute atomic E-state index is 0.874. The molecule has 0 aromatic carbocycles. The van der Waals surface area contributed by atoms with Crippen LogP contribution in [0.1, 0.15) is 19.3 Å². The molecule has 0 unspecified atom stereocenters. The topological polar surface area (TPSA) is 0 Å². The molecule has 0 nitrogen and oxygen atoms in total. The number of rotatable bonds is 0. The molecule has 0 heteroatoms. The van der Waals surface area contributed by atoms with Crippen LogP contribution in [0, 0.1) is 11.8 Å². The van der Waals surface area contributed by atoms with Gasteiger partial charge in [-0.25, -0.2) is 0 Å². The minimum Gasteiger partial charge on any atom is -0.0882 e. The molecule has 2 rings (SSSR count). The Balaban J connectivity index is 2.16. The summed E-state index contributed by atoms with van der Waals surface area (Å²) in [5, 5.41) is 0. The van der Waals surface area contributed by atoms with Gasteiger partial charge in [0.05, 0.1) is 0 Å². The molecular formula is C9H12. The quantitative estimate of drug-likeness (QED) is 0.431. The standard InChI is InChI=1S/C9H12/c1-2-5-9-7-3-6-8(9)4-1/h1,3-4,7-9H,2,5-6H2/t8-,9+/m1/s1. The highest BCUT2D eigenvalue weighted by Gasteiger charge is 2.21. The summed E-state index contributed by atoms with van der Waals surface area (Å²) in [6, 6.07) is 0. The number of hydrogen-bond donors (Lipinski definition) is 0. The molecule has 0 amide bonds. The van der Waals surface area contributed by atoms with Gasteiger partial charge in [0.2, 0.25) is 0 Å². The van der Waals surface area contributed by atoms with E-state index >= 15 is 0 Å². The van der Waals surface area contributed by atoms with E-state index in [1.807, 2.05) is 0 Å². The monoisotopic (exact) mass is 120 g/mol. The van der Waals surface area contributed by atoms with Crippen LogP contribution in [0.25, 0.3) is 0 Å². The predicted octanol–water partition coefficient (Wildman–Crippen LogP) is 2.53. The summed E-state index contributed by atoms with van der Waals surface area (Å²) in [5.41, 5.74) is 0. The molecule has 0 aromatic heterocycles. The Morgan fingerprint density at radius 2 is 1.89 bits per heavy atom. The zero-order chi connectivity index (χ0) is 6.10. The molecule has 0 heterocycles. The summed E-state index contributed by atoms with van der Waals surface area (Å²) in [7, 11) is 0. The average molecular weight is 120 g/mol. The normalized spacial score (nSPS) is 39.1. The third-order valence-corrected chi connectivity index (χ3v) is 2.39. The van der Waals surface area contributed by atoms with Crippen LogP contribution in [0.2, 0.25) is 0 Å². The lowest BCUT2D eigenvalue weighted by Crippen LogP contribution is -2.07. The van der Waals surface area contributed by atoms with Crippen molar-refractivity contribution < 1.29 is 0 Å². The van der Waals surface area contributed by atoms with Gasteiger partial charge in [0.25, 0.3) is 0 Å². The number of allylic oxidation sites excluding steroid dienone is 4. The molecule has 0 fully saturated rings. The predicted molar refractivity (Wildman–Crippen MR) is 39.1 cm³/mol. The van der Waals surface area contributed by atoms with Gasteiger partial charge in [0.1, 0.15) is 0 Å². The van der Waals surface area contributed by atoms with E-state index in [2.05, 4.69) is 24.3 Å². The van der Waals surface area contributed by atoms with Crippen molar-refractivity contribution in [1.82, 2.24) is 0 Å². The molecule has 0 spiro atoms. The summed E-state index contributed by atoms with van der Waals surface area (Å²) >= 11 is 0. The molecule has 2 aliphatic carbocycles. The van der Waals surface area contributed by atoms with E-state index in [1.165, 1.54) is 19.3 Å². The van der Waals surface area contributed by atoms with E-state index in [0.29, 0.717) is 0 Å². The first-order valence-corrected chi connectivity index (χ1v) is 3.80. The van der Waals surface area contributed by atoms with Gasteiger partial charge in [0.15, 0.2) is 0 Å². The molecule has 2 aliphatic rings. The molecule has 9 heavy (non-hydrogen) atoms. The van der Waals surface area contributed by atoms with E-state index in [4.69, 9.17) is 0 Å². The summed E-state index contributed by atoms with van der Waals surface area (Å²) in [4.78, 5) is 0. The van der Waals surface area contributed by atoms with Gasteiger partial charge < -0.3 is 0 Å². The van der Waals surface area contributed by atoms with Crippen molar-refractivity contribution in [3.63, 3.8) is 0 Å². The Bertz CT molecular complexity index is 153. The molecule has 0 aromatic rings. The fraction of sp³-hybridized carbons (Fsp3) is 0.556. The smallest absolute Gasteiger partial charge is 0.0136 e. The minimum atomic E-state index is 0.874. The van der Waals surface area contributed by atoms with E-state index in [1.54, 1.807) is 0 Å². The van der Waals surface area contributed by atoms with Gasteiger partial charge in [0, 0.05) is 0 Å². The molecule has 0 aliphatic heterocycles. The van der Waals surface area contributed by atoms with Crippen molar-refractivity contribution >= 4 is 0 Å². The number of fused-ring (bicyclic) bond motifs is 1. The lowest BCUT2D eigenvalue weighted by Gasteiger charge is -2.18. The second-order valence-corrected chi connectivity index (χ2v) is 3.00. The molecule has 0 saturated carbocycles. The van der Waals surface area contributed by atoms with E-state index in [0.717, 1.165) is 11.8 Å². The number of hydrogen-bond acceptors (Lipinski definition) is 0. The van der Waals surface area contributed by atoms with Gasteiger partial charge in [-0.2, -0.15) is 0 Å². The van der Waals surface area contributed by atoms with Crippen LogP contribution in [0.15, 0.2) is 24.3 Å². The Labute approximate surface area is 56.3 Å². The average Bonchev–Trinajstić information content (AvgIpc) is 2.33. The van der Waals surface area contributed by atoms with Crippen LogP contribution < -0.4 is 0 Å². The maximum atomic E-state index is 2.38. The van der Waals surface area contributed by atoms with Gasteiger partial charge in [-0.3, -0.25) is 0 Å². The van der Waals surface area contributed by atoms with Crippen molar-refractivity contribution in [2.24, 2.45) is 11.8 Å². The second-order valence-electron chi connectivity index (χ2n) is 3.00. The Morgan fingerprint density at radius 1 is 1.00 bits per heavy atom. The van der Waals surface area contributed by atoms with Crippen molar-refractivity contribution in [2.75, 3.05) is 0 Å². The fourth-order valence-electron chi connectivity index (χ4n) is 1.82. The summed E-state index contributed by atoms with van der Waals surface area (Å²) < 4.78 is 0. The lowest BCUT2D eigenvalue weighted by molar-refractivity contribution is 0.459. The maximum Gasteiger partial charge on any atom is -0.0136 e. The second kappa shape index (κ2) is 2.02. The van der Waals surface area contributed by atoms with Gasteiger partial charge >= 0.3 is 0 Å². The van der Waals surface area contributed by atoms with Crippen molar-refractivity contribution in [3.8, 4) is 0 Å². The molecular weight excluding hydrogens is 108 g/mol. The van der Waals surface area contributed by atoms with E-state index in [9.17, 15) is 0 Å². The third-order valence-electron chi connectivity index (χ3n) is 2.39. The SMILES string of the molecule is C1=C[C@@H]2CC=C[C@@H]2CC1. The van der Waals surface area contributed by atoms with Crippen molar-refractivity contribution in [3.05, 3.63) is 24.3 Å². The molecule has 0 radical (unpaired) electrons. The summed E-state index contributed by atoms with van der Waals surface area (Å²) in [6.07, 6.45) is 13.4.